The highest BCUT2D eigenvalue weighted by atomic mass is 16.5. The summed E-state index contributed by atoms with van der Waals surface area (Å²) in [5.74, 6) is 1.43. The third-order valence-corrected chi connectivity index (χ3v) is 2.96. The summed E-state index contributed by atoms with van der Waals surface area (Å²) in [6.45, 7) is 0.509. The van der Waals surface area contributed by atoms with Crippen molar-refractivity contribution in [2.45, 2.75) is 6.54 Å². The molecule has 0 aliphatic heterocycles. The van der Waals surface area contributed by atoms with Gasteiger partial charge in [-0.15, -0.1) is 0 Å². The number of nitrogens with zero attached hydrogens (tertiary/aromatic N) is 3. The van der Waals surface area contributed by atoms with Crippen molar-refractivity contribution < 1.29 is 4.52 Å². The lowest BCUT2D eigenvalue weighted by Gasteiger charge is -2.01. The van der Waals surface area contributed by atoms with Gasteiger partial charge in [-0.3, -0.25) is 0 Å². The van der Waals surface area contributed by atoms with Crippen molar-refractivity contribution in [3.05, 3.63) is 66.0 Å². The molecule has 0 aliphatic rings. The van der Waals surface area contributed by atoms with E-state index < -0.39 is 0 Å². The molecule has 21 heavy (non-hydrogen) atoms. The minimum Gasteiger partial charge on any atom is -0.364 e. The molecular formula is C16H12N4O. The molecular weight excluding hydrogens is 264 g/mol. The molecule has 0 amide bonds. The number of aromatic nitrogens is 2. The molecule has 2 heterocycles. The zero-order valence-corrected chi connectivity index (χ0v) is 11.2. The van der Waals surface area contributed by atoms with E-state index in [2.05, 4.69) is 15.5 Å². The summed E-state index contributed by atoms with van der Waals surface area (Å²) in [5, 5.41) is 15.9. The van der Waals surface area contributed by atoms with Gasteiger partial charge in [-0.25, -0.2) is 4.98 Å². The Balaban J connectivity index is 1.66. The molecule has 0 atom stereocenters. The lowest BCUT2D eigenvalue weighted by atomic mass is 10.2. The lowest BCUT2D eigenvalue weighted by molar-refractivity contribution is 0.424. The second kappa shape index (κ2) is 5.88. The van der Waals surface area contributed by atoms with Gasteiger partial charge in [0, 0.05) is 17.8 Å². The second-order valence-corrected chi connectivity index (χ2v) is 4.45. The van der Waals surface area contributed by atoms with E-state index in [1.54, 1.807) is 12.1 Å². The molecule has 5 heteroatoms. The summed E-state index contributed by atoms with van der Waals surface area (Å²) in [6, 6.07) is 17.2. The van der Waals surface area contributed by atoms with Gasteiger partial charge in [-0.1, -0.05) is 35.5 Å². The Labute approximate surface area is 121 Å². The molecule has 5 nitrogen and oxygen atoms in total. The number of nitriles is 1. The van der Waals surface area contributed by atoms with Crippen molar-refractivity contribution in [2.24, 2.45) is 0 Å². The molecule has 0 saturated carbocycles. The van der Waals surface area contributed by atoms with E-state index in [-0.39, 0.29) is 0 Å². The second-order valence-electron chi connectivity index (χ2n) is 4.45. The summed E-state index contributed by atoms with van der Waals surface area (Å²) in [7, 11) is 0. The van der Waals surface area contributed by atoms with Crippen molar-refractivity contribution in [2.75, 3.05) is 5.32 Å². The molecule has 2 aromatic heterocycles. The van der Waals surface area contributed by atoms with Crippen LogP contribution < -0.4 is 5.32 Å². The van der Waals surface area contributed by atoms with Gasteiger partial charge in [0.1, 0.15) is 17.6 Å². The van der Waals surface area contributed by atoms with Gasteiger partial charge in [-0.2, -0.15) is 5.26 Å². The van der Waals surface area contributed by atoms with Crippen LogP contribution in [0.4, 0.5) is 5.82 Å². The highest BCUT2D eigenvalue weighted by molar-refractivity contribution is 5.57. The standard InChI is InChI=1S/C16H12N4O/c17-9-12-6-7-16(18-10-12)19-11-14-8-15(21-20-14)13-4-2-1-3-5-13/h1-8,10H,11H2,(H,18,19). The van der Waals surface area contributed by atoms with E-state index in [0.29, 0.717) is 17.9 Å². The van der Waals surface area contributed by atoms with Crippen molar-refractivity contribution in [3.8, 4) is 17.4 Å². The van der Waals surface area contributed by atoms with Crippen LogP contribution in [0.2, 0.25) is 0 Å². The molecule has 0 fully saturated rings. The van der Waals surface area contributed by atoms with Gasteiger partial charge in [0.25, 0.3) is 0 Å². The topological polar surface area (TPSA) is 74.7 Å². The van der Waals surface area contributed by atoms with E-state index in [1.807, 2.05) is 42.5 Å². The monoisotopic (exact) mass is 276 g/mol. The zero-order valence-electron chi connectivity index (χ0n) is 11.2. The SMILES string of the molecule is N#Cc1ccc(NCc2cc(-c3ccccc3)on2)nc1. The number of anilines is 1. The molecule has 0 bridgehead atoms. The van der Waals surface area contributed by atoms with Crippen molar-refractivity contribution >= 4 is 5.82 Å². The molecule has 0 unspecified atom stereocenters. The minimum atomic E-state index is 0.509. The van der Waals surface area contributed by atoms with Crippen LogP contribution in [0, 0.1) is 11.3 Å². The first-order valence-electron chi connectivity index (χ1n) is 6.46. The quantitative estimate of drug-likeness (QED) is 0.791. The maximum Gasteiger partial charge on any atom is 0.167 e. The fourth-order valence-corrected chi connectivity index (χ4v) is 1.88. The van der Waals surface area contributed by atoms with Gasteiger partial charge in [0.05, 0.1) is 12.1 Å². The molecule has 1 aromatic carbocycles. The molecule has 0 spiro atoms. The summed E-state index contributed by atoms with van der Waals surface area (Å²) < 4.78 is 5.32. The Morgan fingerprint density at radius 1 is 1.14 bits per heavy atom. The van der Waals surface area contributed by atoms with Gasteiger partial charge < -0.3 is 9.84 Å². The summed E-state index contributed by atoms with van der Waals surface area (Å²) in [4.78, 5) is 4.14. The van der Waals surface area contributed by atoms with Gasteiger partial charge in [0.2, 0.25) is 0 Å². The van der Waals surface area contributed by atoms with Crippen molar-refractivity contribution in [1.29, 1.82) is 5.26 Å². The largest absolute Gasteiger partial charge is 0.364 e. The number of hydrogen-bond donors (Lipinski definition) is 1. The lowest BCUT2D eigenvalue weighted by Crippen LogP contribution is -2.01. The Kier molecular flexibility index (Phi) is 3.61. The van der Waals surface area contributed by atoms with Gasteiger partial charge in [0.15, 0.2) is 5.76 Å². The Bertz CT molecular complexity index is 757. The average Bonchev–Trinajstić information content (AvgIpc) is 3.03. The molecule has 0 aliphatic carbocycles. The molecule has 0 radical (unpaired) electrons. The molecule has 3 rings (SSSR count). The van der Waals surface area contributed by atoms with Crippen LogP contribution in [0.1, 0.15) is 11.3 Å². The van der Waals surface area contributed by atoms with Crippen LogP contribution in [0.5, 0.6) is 0 Å². The van der Waals surface area contributed by atoms with Gasteiger partial charge >= 0.3 is 0 Å². The third kappa shape index (κ3) is 3.07. The number of hydrogen-bond acceptors (Lipinski definition) is 5. The molecule has 102 valence electrons. The number of pyridine rings is 1. The fraction of sp³-hybridized carbons (Fsp3) is 0.0625. The summed E-state index contributed by atoms with van der Waals surface area (Å²) >= 11 is 0. The highest BCUT2D eigenvalue weighted by Gasteiger charge is 2.06. The first kappa shape index (κ1) is 12.9. The van der Waals surface area contributed by atoms with Crippen molar-refractivity contribution in [3.63, 3.8) is 0 Å². The van der Waals surface area contributed by atoms with E-state index in [4.69, 9.17) is 9.78 Å². The Morgan fingerprint density at radius 2 is 2.00 bits per heavy atom. The van der Waals surface area contributed by atoms with Gasteiger partial charge in [-0.05, 0) is 12.1 Å². The summed E-state index contributed by atoms with van der Waals surface area (Å²) in [6.07, 6.45) is 1.53. The van der Waals surface area contributed by atoms with E-state index in [9.17, 15) is 0 Å². The van der Waals surface area contributed by atoms with Crippen LogP contribution >= 0.6 is 0 Å². The fourth-order valence-electron chi connectivity index (χ4n) is 1.88. The van der Waals surface area contributed by atoms with Crippen LogP contribution in [0.15, 0.2) is 59.3 Å². The predicted octanol–water partition coefficient (Wildman–Crippen LogP) is 3.22. The van der Waals surface area contributed by atoms with E-state index >= 15 is 0 Å². The smallest absolute Gasteiger partial charge is 0.167 e. The zero-order chi connectivity index (χ0) is 14.5. The molecule has 0 saturated heterocycles. The first-order valence-corrected chi connectivity index (χ1v) is 6.46. The summed E-state index contributed by atoms with van der Waals surface area (Å²) in [5.41, 5.74) is 2.32. The normalized spacial score (nSPS) is 10.0. The minimum absolute atomic E-state index is 0.509. The van der Waals surface area contributed by atoms with Crippen molar-refractivity contribution in [1.82, 2.24) is 10.1 Å². The Hall–Kier alpha value is -3.13. The number of nitrogens with one attached hydrogen (secondary N) is 1. The van der Waals surface area contributed by atoms with Crippen LogP contribution in [-0.2, 0) is 6.54 Å². The van der Waals surface area contributed by atoms with Crippen LogP contribution in [0.3, 0.4) is 0 Å². The van der Waals surface area contributed by atoms with E-state index in [0.717, 1.165) is 17.0 Å². The third-order valence-electron chi connectivity index (χ3n) is 2.96. The maximum absolute atomic E-state index is 8.71. The Morgan fingerprint density at radius 3 is 2.71 bits per heavy atom. The number of benzene rings is 1. The maximum atomic E-state index is 8.71. The predicted molar refractivity (Wildman–Crippen MR) is 78.2 cm³/mol. The number of rotatable bonds is 4. The van der Waals surface area contributed by atoms with Crippen LogP contribution in [0.25, 0.3) is 11.3 Å². The molecule has 1 N–H and O–H groups in total. The van der Waals surface area contributed by atoms with Crippen LogP contribution in [-0.4, -0.2) is 10.1 Å². The molecule has 3 aromatic rings. The first-order chi connectivity index (χ1) is 10.3. The average molecular weight is 276 g/mol. The van der Waals surface area contributed by atoms with E-state index in [1.165, 1.54) is 6.20 Å². The highest BCUT2D eigenvalue weighted by Crippen LogP contribution is 2.20.